The van der Waals surface area contributed by atoms with E-state index in [0.29, 0.717) is 12.1 Å². The van der Waals surface area contributed by atoms with Gasteiger partial charge in [0.2, 0.25) is 5.91 Å². The first-order valence-corrected chi connectivity index (χ1v) is 16.0. The van der Waals surface area contributed by atoms with Crippen LogP contribution in [0.25, 0.3) is 0 Å². The minimum absolute atomic E-state index is 0.231. The first-order valence-electron chi connectivity index (χ1n) is 13.0. The zero-order valence-electron chi connectivity index (χ0n) is 22.6. The number of likely N-dealkylation sites (tertiary alicyclic amines) is 1. The molecule has 0 saturated carbocycles. The molecule has 2 saturated heterocycles. The molecule has 1 amide bonds. The molecule has 2 heterocycles. The Morgan fingerprint density at radius 1 is 1.00 bits per heavy atom. The van der Waals surface area contributed by atoms with Crippen molar-refractivity contribution in [3.63, 3.8) is 0 Å². The number of phosphoric acid groups is 1. The van der Waals surface area contributed by atoms with Gasteiger partial charge in [0.25, 0.3) is 0 Å². The zero-order valence-corrected chi connectivity index (χ0v) is 24.3. The Morgan fingerprint density at radius 2 is 1.57 bits per heavy atom. The van der Waals surface area contributed by atoms with Crippen molar-refractivity contribution in [2.24, 2.45) is 5.41 Å². The van der Waals surface area contributed by atoms with Gasteiger partial charge in [-0.05, 0) is 61.6 Å². The lowest BCUT2D eigenvalue weighted by Gasteiger charge is -2.45. The predicted octanol–water partition coefficient (Wildman–Crippen LogP) is 5.48. The molecule has 2 aromatic rings. The van der Waals surface area contributed by atoms with E-state index in [1.54, 1.807) is 0 Å². The van der Waals surface area contributed by atoms with E-state index >= 15 is 0 Å². The monoisotopic (exact) mass is 677 g/mol. The van der Waals surface area contributed by atoms with Crippen LogP contribution in [0, 0.1) is 11.2 Å². The highest BCUT2D eigenvalue weighted by atomic mass is 32.2. The summed E-state index contributed by atoms with van der Waals surface area (Å²) in [6.45, 7) is -0.0708. The Kier molecular flexibility index (Phi) is 7.61. The fourth-order valence-electron chi connectivity index (χ4n) is 6.29. The van der Waals surface area contributed by atoms with Crippen LogP contribution in [0.15, 0.2) is 47.4 Å². The highest BCUT2D eigenvalue weighted by Gasteiger charge is 2.74. The van der Waals surface area contributed by atoms with Gasteiger partial charge in [0, 0.05) is 12.1 Å². The SMILES string of the molecule is CC1(C(=O)N2CC[C@@]3(S(=O)(=O)c4ccc(F)cc4)c4ccc(C(F)(C(F)(F)F)C(F)(F)F)cc4CC[C@@H]23)COP(=O)(O)OC1. The Bertz CT molecular complexity index is 1620. The van der Waals surface area contributed by atoms with Crippen LogP contribution in [-0.4, -0.2) is 62.3 Å². The normalized spacial score (nSPS) is 29.7. The van der Waals surface area contributed by atoms with Gasteiger partial charge >= 0.3 is 25.8 Å². The van der Waals surface area contributed by atoms with Crippen molar-refractivity contribution in [3.8, 4) is 0 Å². The fourth-order valence-corrected chi connectivity index (χ4v) is 9.63. The molecule has 18 heteroatoms. The minimum Gasteiger partial charge on any atom is -0.337 e. The summed E-state index contributed by atoms with van der Waals surface area (Å²) in [6.07, 6.45) is -13.8. The van der Waals surface area contributed by atoms with E-state index < -0.39 is 87.3 Å². The molecule has 3 aliphatic rings. The lowest BCUT2D eigenvalue weighted by Crippen LogP contribution is -2.56. The molecule has 0 radical (unpaired) electrons. The largest absolute Gasteiger partial charge is 0.472 e. The number of carbonyl (C=O) groups excluding carboxylic acids is 1. The molecule has 242 valence electrons. The highest BCUT2D eigenvalue weighted by molar-refractivity contribution is 7.92. The molecule has 0 unspecified atom stereocenters. The summed E-state index contributed by atoms with van der Waals surface area (Å²) in [5.41, 5.74) is -9.64. The van der Waals surface area contributed by atoms with Crippen LogP contribution >= 0.6 is 7.82 Å². The maximum atomic E-state index is 15.0. The first-order chi connectivity index (χ1) is 20.1. The van der Waals surface area contributed by atoms with Gasteiger partial charge < -0.3 is 9.79 Å². The smallest absolute Gasteiger partial charge is 0.337 e. The zero-order chi connectivity index (χ0) is 32.7. The molecule has 0 aromatic heterocycles. The van der Waals surface area contributed by atoms with E-state index in [-0.39, 0.29) is 43.0 Å². The van der Waals surface area contributed by atoms with Crippen molar-refractivity contribution in [1.29, 1.82) is 0 Å². The summed E-state index contributed by atoms with van der Waals surface area (Å²) in [6, 6.07) is 3.60. The van der Waals surface area contributed by atoms with E-state index in [1.807, 2.05) is 0 Å². The molecule has 2 fully saturated rings. The van der Waals surface area contributed by atoms with Crippen LogP contribution in [0.2, 0.25) is 0 Å². The summed E-state index contributed by atoms with van der Waals surface area (Å²) in [5.74, 6) is -1.53. The number of rotatable bonds is 4. The van der Waals surface area contributed by atoms with E-state index in [0.717, 1.165) is 24.3 Å². The predicted molar refractivity (Wildman–Crippen MR) is 135 cm³/mol. The number of halogens is 8. The maximum Gasteiger partial charge on any atom is 0.472 e. The van der Waals surface area contributed by atoms with Gasteiger partial charge in [-0.25, -0.2) is 21.8 Å². The van der Waals surface area contributed by atoms with Gasteiger partial charge in [0.05, 0.1) is 29.6 Å². The number of fused-ring (bicyclic) bond motifs is 3. The first kappa shape index (κ1) is 32.8. The van der Waals surface area contributed by atoms with Gasteiger partial charge in [0.15, 0.2) is 9.84 Å². The topological polar surface area (TPSA) is 110 Å². The molecule has 8 nitrogen and oxygen atoms in total. The summed E-state index contributed by atoms with van der Waals surface area (Å²) in [5, 5.41) is 0. The van der Waals surface area contributed by atoms with E-state index in [4.69, 9.17) is 9.05 Å². The van der Waals surface area contributed by atoms with Crippen molar-refractivity contribution in [2.45, 2.75) is 59.9 Å². The second kappa shape index (κ2) is 10.2. The van der Waals surface area contributed by atoms with E-state index in [1.165, 1.54) is 11.8 Å². The number of carbonyl (C=O) groups is 1. The fraction of sp³-hybridized carbons (Fsp3) is 0.500. The standard InChI is InChI=1S/C26H24F8NO7PS/c1-22(13-41-43(37,38)42-14-22)21(36)35-11-10-23(44(39,40)18-6-4-17(27)5-7-18)19-8-3-16(12-15(19)2-9-20(23)35)24(28,25(29,30)31)26(32,33)34/h3-8,12,20H,2,9-11,13-14H2,1H3,(H,37,38)/t20-,23-/m1/s1. The third-order valence-electron chi connectivity index (χ3n) is 8.54. The lowest BCUT2D eigenvalue weighted by atomic mass is 9.76. The number of amides is 1. The number of benzene rings is 2. The molecular formula is C26H24F8NO7PS. The van der Waals surface area contributed by atoms with Crippen LogP contribution in [0.1, 0.15) is 36.5 Å². The molecular weight excluding hydrogens is 653 g/mol. The third-order valence-corrected chi connectivity index (χ3v) is 12.0. The van der Waals surface area contributed by atoms with Crippen LogP contribution in [0.5, 0.6) is 0 Å². The third kappa shape index (κ3) is 4.77. The molecule has 0 spiro atoms. The van der Waals surface area contributed by atoms with Gasteiger partial charge in [-0.15, -0.1) is 0 Å². The van der Waals surface area contributed by atoms with Crippen LogP contribution in [-0.2, 0) is 45.1 Å². The van der Waals surface area contributed by atoms with Gasteiger partial charge in [-0.2, -0.15) is 26.3 Å². The second-order valence-corrected chi connectivity index (χ2v) is 14.9. The van der Waals surface area contributed by atoms with Crippen LogP contribution < -0.4 is 0 Å². The number of aryl methyl sites for hydroxylation is 1. The number of phosphoric ester groups is 1. The number of nitrogens with zero attached hydrogens (tertiary/aromatic N) is 1. The summed E-state index contributed by atoms with van der Waals surface area (Å²) < 4.78 is 158. The average molecular weight is 678 g/mol. The molecule has 1 aliphatic carbocycles. The molecule has 5 rings (SSSR count). The number of hydrogen-bond acceptors (Lipinski definition) is 6. The quantitative estimate of drug-likeness (QED) is 0.259. The summed E-state index contributed by atoms with van der Waals surface area (Å²) in [4.78, 5) is 24.1. The lowest BCUT2D eigenvalue weighted by molar-refractivity contribution is -0.348. The van der Waals surface area contributed by atoms with Gasteiger partial charge in [-0.1, -0.05) is 18.2 Å². The molecule has 2 atom stereocenters. The molecule has 0 bridgehead atoms. The van der Waals surface area contributed by atoms with Crippen LogP contribution in [0.3, 0.4) is 0 Å². The van der Waals surface area contributed by atoms with Crippen molar-refractivity contribution >= 4 is 23.6 Å². The van der Waals surface area contributed by atoms with E-state index in [9.17, 15) is 57.8 Å². The Hall–Kier alpha value is -2.59. The molecule has 2 aliphatic heterocycles. The molecule has 44 heavy (non-hydrogen) atoms. The average Bonchev–Trinajstić information content (AvgIpc) is 3.34. The van der Waals surface area contributed by atoms with Gasteiger partial charge in [0.1, 0.15) is 10.6 Å². The van der Waals surface area contributed by atoms with Crippen molar-refractivity contribution < 1.29 is 66.8 Å². The maximum absolute atomic E-state index is 15.0. The van der Waals surface area contributed by atoms with Crippen molar-refractivity contribution in [1.82, 2.24) is 4.90 Å². The summed E-state index contributed by atoms with van der Waals surface area (Å²) >= 11 is 0. The van der Waals surface area contributed by atoms with Crippen molar-refractivity contribution in [2.75, 3.05) is 19.8 Å². The Labute approximate surface area is 245 Å². The van der Waals surface area contributed by atoms with Crippen molar-refractivity contribution in [3.05, 3.63) is 65.0 Å². The number of hydrogen-bond donors (Lipinski definition) is 1. The number of alkyl halides is 7. The van der Waals surface area contributed by atoms with E-state index in [2.05, 4.69) is 0 Å². The van der Waals surface area contributed by atoms with Crippen LogP contribution in [0.4, 0.5) is 35.1 Å². The highest BCUT2D eigenvalue weighted by Crippen LogP contribution is 2.57. The van der Waals surface area contributed by atoms with Gasteiger partial charge in [-0.3, -0.25) is 13.8 Å². The second-order valence-electron chi connectivity index (χ2n) is 11.3. The molecule has 1 N–H and O–H groups in total. The minimum atomic E-state index is -6.40. The Morgan fingerprint density at radius 3 is 2.11 bits per heavy atom. The number of sulfone groups is 1. The summed E-state index contributed by atoms with van der Waals surface area (Å²) in [7, 11) is -9.10. The molecule has 2 aromatic carbocycles. The Balaban J connectivity index is 1.67.